The summed E-state index contributed by atoms with van der Waals surface area (Å²) in [5.41, 5.74) is 2.22. The van der Waals surface area contributed by atoms with Crippen molar-refractivity contribution in [3.63, 3.8) is 0 Å². The van der Waals surface area contributed by atoms with Gasteiger partial charge in [-0.1, -0.05) is 42.5 Å². The molecule has 0 atom stereocenters. The predicted octanol–water partition coefficient (Wildman–Crippen LogP) is 5.32. The van der Waals surface area contributed by atoms with E-state index in [2.05, 4.69) is 5.32 Å². The molecule has 0 saturated heterocycles. The van der Waals surface area contributed by atoms with Gasteiger partial charge in [-0.3, -0.25) is 9.59 Å². The Bertz CT molecular complexity index is 1220. The van der Waals surface area contributed by atoms with Gasteiger partial charge in [-0.05, 0) is 48.0 Å². The fourth-order valence-corrected chi connectivity index (χ4v) is 3.10. The average Bonchev–Trinajstić information content (AvgIpc) is 3.16. The minimum Gasteiger partial charge on any atom is -0.497 e. The van der Waals surface area contributed by atoms with Gasteiger partial charge in [0.2, 0.25) is 11.7 Å². The third-order valence-electron chi connectivity index (χ3n) is 4.63. The van der Waals surface area contributed by atoms with Crippen LogP contribution in [0.4, 0.5) is 5.69 Å². The standard InChI is InChI=1S/C25H19NO4/c1-29-19-14-12-18(13-15-19)24(28)25-23(20-9-5-6-10-21(20)30-25)26-22(27)16-11-17-7-3-2-4-8-17/h2-16H,1H3,(H,26,27). The van der Waals surface area contributed by atoms with Crippen LogP contribution < -0.4 is 10.1 Å². The van der Waals surface area contributed by atoms with E-state index < -0.39 is 0 Å². The Morgan fingerprint density at radius 3 is 2.33 bits per heavy atom. The Morgan fingerprint density at radius 2 is 1.60 bits per heavy atom. The minimum atomic E-state index is -0.353. The van der Waals surface area contributed by atoms with Crippen LogP contribution in [0.5, 0.6) is 5.75 Å². The number of ether oxygens (including phenoxy) is 1. The van der Waals surface area contributed by atoms with Gasteiger partial charge >= 0.3 is 0 Å². The van der Waals surface area contributed by atoms with Crippen LogP contribution in [0.15, 0.2) is 89.4 Å². The molecule has 3 aromatic carbocycles. The smallest absolute Gasteiger partial charge is 0.248 e. The Kier molecular flexibility index (Phi) is 5.44. The SMILES string of the molecule is COc1ccc(C(=O)c2oc3ccccc3c2NC(=O)C=Cc2ccccc2)cc1. The minimum absolute atomic E-state index is 0.0860. The van der Waals surface area contributed by atoms with Gasteiger partial charge in [0.25, 0.3) is 0 Å². The first kappa shape index (κ1) is 19.2. The molecular weight excluding hydrogens is 378 g/mol. The fraction of sp³-hybridized carbons (Fsp3) is 0.0400. The topological polar surface area (TPSA) is 68.5 Å². The molecule has 4 aromatic rings. The average molecular weight is 397 g/mol. The molecule has 0 spiro atoms. The Labute approximate surface area is 173 Å². The van der Waals surface area contributed by atoms with Crippen molar-refractivity contribution in [1.82, 2.24) is 0 Å². The Morgan fingerprint density at radius 1 is 0.900 bits per heavy atom. The van der Waals surface area contributed by atoms with E-state index in [-0.39, 0.29) is 17.5 Å². The van der Waals surface area contributed by atoms with Gasteiger partial charge in [0, 0.05) is 17.0 Å². The first-order valence-corrected chi connectivity index (χ1v) is 9.40. The predicted molar refractivity (Wildman–Crippen MR) is 117 cm³/mol. The lowest BCUT2D eigenvalue weighted by molar-refractivity contribution is -0.111. The van der Waals surface area contributed by atoms with Crippen molar-refractivity contribution in [1.29, 1.82) is 0 Å². The first-order chi connectivity index (χ1) is 14.7. The molecule has 5 nitrogen and oxygen atoms in total. The lowest BCUT2D eigenvalue weighted by Crippen LogP contribution is -2.11. The summed E-state index contributed by atoms with van der Waals surface area (Å²) >= 11 is 0. The molecule has 0 saturated carbocycles. The summed E-state index contributed by atoms with van der Waals surface area (Å²) in [5.74, 6) is 0.0592. The van der Waals surface area contributed by atoms with Crippen LogP contribution in [0.25, 0.3) is 17.0 Å². The van der Waals surface area contributed by atoms with Crippen molar-refractivity contribution in [2.75, 3.05) is 12.4 Å². The van der Waals surface area contributed by atoms with Crippen LogP contribution in [0.2, 0.25) is 0 Å². The van der Waals surface area contributed by atoms with Crippen molar-refractivity contribution >= 4 is 34.4 Å². The molecule has 1 heterocycles. The molecule has 0 unspecified atom stereocenters. The van der Waals surface area contributed by atoms with Crippen molar-refractivity contribution in [3.8, 4) is 5.75 Å². The number of carbonyl (C=O) groups excluding carboxylic acids is 2. The van der Waals surface area contributed by atoms with Crippen LogP contribution in [-0.4, -0.2) is 18.8 Å². The third-order valence-corrected chi connectivity index (χ3v) is 4.63. The van der Waals surface area contributed by atoms with E-state index in [4.69, 9.17) is 9.15 Å². The number of amides is 1. The molecule has 0 fully saturated rings. The van der Waals surface area contributed by atoms with E-state index >= 15 is 0 Å². The summed E-state index contributed by atoms with van der Waals surface area (Å²) in [6.07, 6.45) is 3.14. The zero-order valence-electron chi connectivity index (χ0n) is 16.3. The molecule has 0 aliphatic carbocycles. The van der Waals surface area contributed by atoms with E-state index in [9.17, 15) is 9.59 Å². The molecule has 4 rings (SSSR count). The van der Waals surface area contributed by atoms with Gasteiger partial charge in [-0.25, -0.2) is 0 Å². The second kappa shape index (κ2) is 8.49. The van der Waals surface area contributed by atoms with E-state index in [0.717, 1.165) is 5.56 Å². The molecule has 30 heavy (non-hydrogen) atoms. The van der Waals surface area contributed by atoms with Gasteiger partial charge in [0.05, 0.1) is 12.8 Å². The molecule has 0 aliphatic rings. The Balaban J connectivity index is 1.67. The largest absolute Gasteiger partial charge is 0.497 e. The lowest BCUT2D eigenvalue weighted by atomic mass is 10.1. The number of methoxy groups -OCH3 is 1. The van der Waals surface area contributed by atoms with Crippen LogP contribution in [0.1, 0.15) is 21.7 Å². The number of rotatable bonds is 6. The number of hydrogen-bond donors (Lipinski definition) is 1. The van der Waals surface area contributed by atoms with E-state index in [1.807, 2.05) is 42.5 Å². The van der Waals surface area contributed by atoms with Gasteiger partial charge in [-0.15, -0.1) is 0 Å². The summed E-state index contributed by atoms with van der Waals surface area (Å²) in [5, 5.41) is 3.47. The highest BCUT2D eigenvalue weighted by molar-refractivity contribution is 6.18. The monoisotopic (exact) mass is 397 g/mol. The number of ketones is 1. The number of anilines is 1. The number of hydrogen-bond acceptors (Lipinski definition) is 4. The second-order valence-corrected chi connectivity index (χ2v) is 6.59. The summed E-state index contributed by atoms with van der Waals surface area (Å²) in [7, 11) is 1.56. The molecule has 0 bridgehead atoms. The highest BCUT2D eigenvalue weighted by Crippen LogP contribution is 2.32. The highest BCUT2D eigenvalue weighted by Gasteiger charge is 2.23. The third kappa shape index (κ3) is 4.00. The number of nitrogens with one attached hydrogen (secondary N) is 1. The number of carbonyl (C=O) groups is 2. The maximum Gasteiger partial charge on any atom is 0.248 e. The molecule has 1 amide bonds. The van der Waals surface area contributed by atoms with Gasteiger partial charge in [-0.2, -0.15) is 0 Å². The van der Waals surface area contributed by atoms with Gasteiger partial charge < -0.3 is 14.5 Å². The van der Waals surface area contributed by atoms with E-state index in [1.165, 1.54) is 6.08 Å². The van der Waals surface area contributed by atoms with Crippen molar-refractivity contribution in [3.05, 3.63) is 102 Å². The maximum atomic E-state index is 13.1. The Hall–Kier alpha value is -4.12. The molecule has 148 valence electrons. The summed E-state index contributed by atoms with van der Waals surface area (Å²) < 4.78 is 11.0. The normalized spacial score (nSPS) is 11.0. The number of fused-ring (bicyclic) bond motifs is 1. The summed E-state index contributed by atoms with van der Waals surface area (Å²) in [4.78, 5) is 25.6. The zero-order valence-corrected chi connectivity index (χ0v) is 16.3. The van der Waals surface area contributed by atoms with Crippen LogP contribution in [0.3, 0.4) is 0 Å². The fourth-order valence-electron chi connectivity index (χ4n) is 3.10. The van der Waals surface area contributed by atoms with Crippen LogP contribution in [0, 0.1) is 0 Å². The quantitative estimate of drug-likeness (QED) is 0.353. The van der Waals surface area contributed by atoms with Crippen molar-refractivity contribution in [2.24, 2.45) is 0 Å². The van der Waals surface area contributed by atoms with Crippen molar-refractivity contribution in [2.45, 2.75) is 0 Å². The summed E-state index contributed by atoms with van der Waals surface area (Å²) in [6, 6.07) is 23.4. The van der Waals surface area contributed by atoms with Crippen LogP contribution in [-0.2, 0) is 4.79 Å². The molecule has 0 aliphatic heterocycles. The molecular formula is C25H19NO4. The highest BCUT2D eigenvalue weighted by atomic mass is 16.5. The van der Waals surface area contributed by atoms with Gasteiger partial charge in [0.15, 0.2) is 5.76 Å². The molecule has 0 radical (unpaired) electrons. The lowest BCUT2D eigenvalue weighted by Gasteiger charge is -2.05. The summed E-state index contributed by atoms with van der Waals surface area (Å²) in [6.45, 7) is 0. The molecule has 5 heteroatoms. The van der Waals surface area contributed by atoms with E-state index in [1.54, 1.807) is 49.6 Å². The zero-order chi connectivity index (χ0) is 20.9. The number of furan rings is 1. The number of para-hydroxylation sites is 1. The van der Waals surface area contributed by atoms with Crippen LogP contribution >= 0.6 is 0 Å². The van der Waals surface area contributed by atoms with Crippen molar-refractivity contribution < 1.29 is 18.7 Å². The number of benzene rings is 3. The maximum absolute atomic E-state index is 13.1. The molecule has 1 aromatic heterocycles. The van der Waals surface area contributed by atoms with Gasteiger partial charge in [0.1, 0.15) is 11.3 Å². The molecule has 1 N–H and O–H groups in total. The first-order valence-electron chi connectivity index (χ1n) is 9.40. The second-order valence-electron chi connectivity index (χ2n) is 6.59. The van der Waals surface area contributed by atoms with E-state index in [0.29, 0.717) is 28.0 Å².